The van der Waals surface area contributed by atoms with E-state index in [-0.39, 0.29) is 63.0 Å². The number of sulfonamides is 1. The summed E-state index contributed by atoms with van der Waals surface area (Å²) >= 11 is 3.51. The van der Waals surface area contributed by atoms with Crippen LogP contribution < -0.4 is 57.1 Å². The quantitative estimate of drug-likeness (QED) is 0.293. The Hall–Kier alpha value is -1.68. The minimum atomic E-state index is -5.69. The number of carbonyl (C=O) groups is 1. The topological polar surface area (TPSA) is 122 Å². The van der Waals surface area contributed by atoms with Crippen molar-refractivity contribution in [2.75, 3.05) is 0 Å². The average Bonchev–Trinajstić information content (AvgIpc) is 3.55. The Morgan fingerprint density at radius 2 is 1.95 bits per heavy atom. The molecule has 0 bridgehead atoms. The van der Waals surface area contributed by atoms with E-state index in [2.05, 4.69) is 20.7 Å². The van der Waals surface area contributed by atoms with Crippen LogP contribution in [-0.2, 0) is 23.0 Å². The SMILES string of the molecule is CCc1nc(C2CC2)c(C(N)=O)n1Cc1ccc2oc(-c3cccc([N-]S(=O)(=O)C(F)(F)F)c3)c(Br)c2c1.[K+]. The molecule has 2 N–H and O–H groups in total. The number of benzene rings is 2. The molecule has 4 aromatic rings. The number of rotatable bonds is 8. The van der Waals surface area contributed by atoms with Crippen molar-refractivity contribution in [3.63, 3.8) is 0 Å². The van der Waals surface area contributed by atoms with Crippen LogP contribution in [0.15, 0.2) is 51.4 Å². The average molecular weight is 650 g/mol. The molecular formula is C25H21BrF3KN4O4S. The summed E-state index contributed by atoms with van der Waals surface area (Å²) in [5.41, 5.74) is 2.70. The summed E-state index contributed by atoms with van der Waals surface area (Å²) in [6.45, 7) is 2.32. The molecule has 2 aromatic heterocycles. The van der Waals surface area contributed by atoms with Gasteiger partial charge in [-0.3, -0.25) is 4.79 Å². The third kappa shape index (κ3) is 6.02. The number of alkyl halides is 3. The third-order valence-electron chi connectivity index (χ3n) is 6.25. The van der Waals surface area contributed by atoms with Gasteiger partial charge in [0.15, 0.2) is 10.0 Å². The standard InChI is InChI=1S/C25H21BrF3N4O4S.K/c1-2-19-31-21(14-7-8-14)22(24(30)34)33(19)12-13-6-9-18-17(10-13)20(26)23(37-18)15-4-3-5-16(11-15)32-38(35,36)25(27,28)29;/h3-6,9-11,14H,2,7-8,12H2,1H3,(H2,30,34);/q-1;+1. The first kappa shape index (κ1) is 30.3. The van der Waals surface area contributed by atoms with Crippen LogP contribution >= 0.6 is 15.9 Å². The summed E-state index contributed by atoms with van der Waals surface area (Å²) in [7, 11) is -5.69. The number of aryl methyl sites for hydroxylation is 1. The summed E-state index contributed by atoms with van der Waals surface area (Å²) < 4.78 is 72.4. The van der Waals surface area contributed by atoms with E-state index in [4.69, 9.17) is 15.1 Å². The minimum absolute atomic E-state index is 0. The molecule has 1 amide bonds. The van der Waals surface area contributed by atoms with Crippen molar-refractivity contribution in [1.29, 1.82) is 0 Å². The van der Waals surface area contributed by atoms with E-state index in [1.54, 1.807) is 12.1 Å². The fraction of sp³-hybridized carbons (Fsp3) is 0.280. The van der Waals surface area contributed by atoms with Crippen LogP contribution in [0.1, 0.15) is 53.3 Å². The predicted octanol–water partition coefficient (Wildman–Crippen LogP) is 3.50. The molecule has 1 aliphatic rings. The van der Waals surface area contributed by atoms with Crippen molar-refractivity contribution in [2.45, 2.75) is 44.2 Å². The number of nitrogens with zero attached hydrogens (tertiary/aromatic N) is 3. The first-order valence-electron chi connectivity index (χ1n) is 11.6. The van der Waals surface area contributed by atoms with E-state index < -0.39 is 21.4 Å². The van der Waals surface area contributed by atoms with E-state index in [1.165, 1.54) is 12.1 Å². The number of nitrogens with two attached hydrogens (primary N) is 1. The van der Waals surface area contributed by atoms with Gasteiger partial charge in [0.05, 0.1) is 10.2 Å². The number of aromatic nitrogens is 2. The predicted molar refractivity (Wildman–Crippen MR) is 139 cm³/mol. The number of fused-ring (bicyclic) bond motifs is 1. The van der Waals surface area contributed by atoms with Gasteiger partial charge in [-0.05, 0) is 46.5 Å². The maximum Gasteiger partial charge on any atom is 1.00 e. The van der Waals surface area contributed by atoms with Gasteiger partial charge >= 0.3 is 56.9 Å². The van der Waals surface area contributed by atoms with Crippen molar-refractivity contribution in [3.8, 4) is 11.3 Å². The van der Waals surface area contributed by atoms with E-state index in [0.29, 0.717) is 45.4 Å². The number of halogens is 4. The first-order chi connectivity index (χ1) is 17.9. The summed E-state index contributed by atoms with van der Waals surface area (Å²) in [4.78, 5) is 17.0. The molecule has 0 aliphatic heterocycles. The third-order valence-corrected chi connectivity index (χ3v) is 8.07. The van der Waals surface area contributed by atoms with Gasteiger partial charge in [-0.15, -0.1) is 5.69 Å². The normalized spacial score (nSPS) is 13.9. The molecule has 0 spiro atoms. The number of primary amides is 1. The molecule has 2 aromatic carbocycles. The zero-order valence-electron chi connectivity index (χ0n) is 20.9. The van der Waals surface area contributed by atoms with Gasteiger partial charge < -0.3 is 19.4 Å². The number of carbonyl (C=O) groups excluding carboxylic acids is 1. The Kier molecular flexibility index (Phi) is 8.77. The van der Waals surface area contributed by atoms with Crippen molar-refractivity contribution >= 4 is 48.5 Å². The summed E-state index contributed by atoms with van der Waals surface area (Å²) in [5, 5.41) is 0.684. The second-order valence-corrected chi connectivity index (χ2v) is 11.4. The number of hydrogen-bond acceptors (Lipinski definition) is 5. The largest absolute Gasteiger partial charge is 1.00 e. The zero-order chi connectivity index (χ0) is 27.4. The zero-order valence-corrected chi connectivity index (χ0v) is 26.4. The van der Waals surface area contributed by atoms with E-state index in [9.17, 15) is 26.4 Å². The van der Waals surface area contributed by atoms with Crippen molar-refractivity contribution in [3.05, 3.63) is 74.4 Å². The van der Waals surface area contributed by atoms with Crippen molar-refractivity contribution in [2.24, 2.45) is 5.73 Å². The summed E-state index contributed by atoms with van der Waals surface area (Å²) in [6, 6.07) is 10.8. The molecular weight excluding hydrogens is 628 g/mol. The fourth-order valence-electron chi connectivity index (χ4n) is 4.34. The maximum absolute atomic E-state index is 12.8. The van der Waals surface area contributed by atoms with Crippen LogP contribution in [0.4, 0.5) is 18.9 Å². The molecule has 1 saturated carbocycles. The number of imidazole rings is 1. The molecule has 0 saturated heterocycles. The van der Waals surface area contributed by atoms with Crippen LogP contribution in [-0.4, -0.2) is 29.4 Å². The molecule has 5 rings (SSSR count). The smallest absolute Gasteiger partial charge is 0.569 e. The number of hydrogen-bond donors (Lipinski definition) is 1. The van der Waals surface area contributed by atoms with Gasteiger partial charge in [-0.2, -0.15) is 13.2 Å². The first-order valence-corrected chi connectivity index (χ1v) is 13.9. The van der Waals surface area contributed by atoms with Crippen molar-refractivity contribution in [1.82, 2.24) is 9.55 Å². The van der Waals surface area contributed by atoms with E-state index in [0.717, 1.165) is 36.0 Å². The monoisotopic (exact) mass is 648 g/mol. The molecule has 0 radical (unpaired) electrons. The minimum Gasteiger partial charge on any atom is -0.569 e. The van der Waals surface area contributed by atoms with Gasteiger partial charge in [0.1, 0.15) is 22.9 Å². The van der Waals surface area contributed by atoms with Gasteiger partial charge in [-0.25, -0.2) is 13.4 Å². The molecule has 14 heteroatoms. The molecule has 39 heavy (non-hydrogen) atoms. The fourth-order valence-corrected chi connectivity index (χ4v) is 5.45. The number of amides is 1. The Balaban J connectivity index is 0.00000353. The van der Waals surface area contributed by atoms with E-state index >= 15 is 0 Å². The molecule has 0 unspecified atom stereocenters. The Labute approximate surface area is 273 Å². The van der Waals surface area contributed by atoms with Crippen LogP contribution in [0, 0.1) is 0 Å². The van der Waals surface area contributed by atoms with Crippen LogP contribution in [0.5, 0.6) is 0 Å². The van der Waals surface area contributed by atoms with Gasteiger partial charge in [0, 0.05) is 29.8 Å². The molecule has 2 heterocycles. The Bertz CT molecular complexity index is 1680. The molecule has 1 aliphatic carbocycles. The Morgan fingerprint density at radius 1 is 1.23 bits per heavy atom. The molecule has 200 valence electrons. The van der Waals surface area contributed by atoms with Crippen LogP contribution in [0.2, 0.25) is 0 Å². The molecule has 8 nitrogen and oxygen atoms in total. The number of furan rings is 1. The van der Waals surface area contributed by atoms with Crippen LogP contribution in [0.3, 0.4) is 0 Å². The van der Waals surface area contributed by atoms with Crippen molar-refractivity contribution < 1.29 is 82.2 Å². The summed E-state index contributed by atoms with van der Waals surface area (Å²) in [5.74, 6) is 0.793. The van der Waals surface area contributed by atoms with Gasteiger partial charge in [0.25, 0.3) is 5.91 Å². The Morgan fingerprint density at radius 3 is 2.56 bits per heavy atom. The molecule has 0 atom stereocenters. The molecule has 1 fully saturated rings. The second kappa shape index (κ2) is 11.3. The van der Waals surface area contributed by atoms with E-state index in [1.807, 2.05) is 23.6 Å². The maximum atomic E-state index is 12.8. The van der Waals surface area contributed by atoms with Gasteiger partial charge in [-0.1, -0.05) is 37.3 Å². The summed E-state index contributed by atoms with van der Waals surface area (Å²) in [6.07, 6.45) is 2.59. The van der Waals surface area contributed by atoms with Crippen LogP contribution in [0.25, 0.3) is 27.0 Å². The second-order valence-electron chi connectivity index (χ2n) is 8.98. The van der Waals surface area contributed by atoms with Gasteiger partial charge in [0.2, 0.25) is 0 Å².